The largest absolute Gasteiger partial charge is 0.306 e. The van der Waals surface area contributed by atoms with Crippen LogP contribution in [0.3, 0.4) is 0 Å². The van der Waals surface area contributed by atoms with E-state index in [0.29, 0.717) is 0 Å². The summed E-state index contributed by atoms with van der Waals surface area (Å²) < 4.78 is 0. The Bertz CT molecular complexity index is 137. The molecule has 0 aromatic carbocycles. The molecule has 0 unspecified atom stereocenters. The summed E-state index contributed by atoms with van der Waals surface area (Å²) in [4.78, 5) is 4.08. The second-order valence-corrected chi connectivity index (χ2v) is 1.85. The molecule has 0 aliphatic carbocycles. The van der Waals surface area contributed by atoms with Gasteiger partial charge in [-0.1, -0.05) is 0 Å². The number of rotatable bonds is 2. The first-order chi connectivity index (χ1) is 4.43. The van der Waals surface area contributed by atoms with E-state index < -0.39 is 0 Å². The summed E-state index contributed by atoms with van der Waals surface area (Å²) in [5, 5.41) is 0. The second kappa shape index (κ2) is 3.25. The second-order valence-electron chi connectivity index (χ2n) is 1.85. The summed E-state index contributed by atoms with van der Waals surface area (Å²) in [6, 6.07) is 0. The molecule has 9 heavy (non-hydrogen) atoms. The summed E-state index contributed by atoms with van der Waals surface area (Å²) >= 11 is 0. The topological polar surface area (TPSA) is 36.4 Å². The first kappa shape index (κ1) is 6.29. The fourth-order valence-corrected chi connectivity index (χ4v) is 0.722. The van der Waals surface area contributed by atoms with Gasteiger partial charge in [-0.05, 0) is 18.9 Å². The predicted octanol–water partition coefficient (Wildman–Crippen LogP) is 0.416. The van der Waals surface area contributed by atoms with Crippen LogP contribution in [0.2, 0.25) is 0 Å². The lowest BCUT2D eigenvalue weighted by atomic mass is 10.3. The van der Waals surface area contributed by atoms with E-state index in [2.05, 4.69) is 21.9 Å². The maximum atomic E-state index is 4.08. The van der Waals surface area contributed by atoms with Crippen LogP contribution in [0.25, 0.3) is 0 Å². The molecule has 0 amide bonds. The summed E-state index contributed by atoms with van der Waals surface area (Å²) in [5.41, 5.74) is 5.70. The van der Waals surface area contributed by atoms with E-state index in [1.54, 1.807) is 0 Å². The first-order valence-corrected chi connectivity index (χ1v) is 3.09. The smallest absolute Gasteiger partial charge is 0.135 e. The van der Waals surface area contributed by atoms with Crippen LogP contribution in [0.1, 0.15) is 12.8 Å². The average Bonchev–Trinajstić information content (AvgIpc) is 1.91. The number of aliphatic imine (C=N–C) groups is 1. The lowest BCUT2D eigenvalue weighted by molar-refractivity contribution is 0.674. The molecule has 1 aliphatic rings. The zero-order valence-corrected chi connectivity index (χ0v) is 5.52. The molecule has 0 aromatic rings. The van der Waals surface area contributed by atoms with Crippen LogP contribution in [-0.2, 0) is 0 Å². The molecule has 0 atom stereocenters. The van der Waals surface area contributed by atoms with Gasteiger partial charge in [0.2, 0.25) is 0 Å². The van der Waals surface area contributed by atoms with Gasteiger partial charge in [0.1, 0.15) is 5.82 Å². The van der Waals surface area contributed by atoms with Crippen LogP contribution in [-0.4, -0.2) is 13.3 Å². The zero-order valence-electron chi connectivity index (χ0n) is 5.52. The lowest BCUT2D eigenvalue weighted by Gasteiger charge is -2.06. The van der Waals surface area contributed by atoms with Gasteiger partial charge in [0.05, 0.1) is 0 Å². The Hall–Kier alpha value is -0.830. The number of hydrazine groups is 1. The molecule has 1 aliphatic heterocycles. The minimum absolute atomic E-state index is 0.920. The highest BCUT2D eigenvalue weighted by molar-refractivity contribution is 5.60. The van der Waals surface area contributed by atoms with Gasteiger partial charge in [-0.3, -0.25) is 0 Å². The van der Waals surface area contributed by atoms with E-state index in [1.807, 2.05) is 13.3 Å². The Labute approximate surface area is 54.8 Å². The monoisotopic (exact) mass is 125 g/mol. The molecule has 0 radical (unpaired) electrons. The minimum Gasteiger partial charge on any atom is -0.306 e. The van der Waals surface area contributed by atoms with E-state index >= 15 is 0 Å². The van der Waals surface area contributed by atoms with Gasteiger partial charge in [-0.25, -0.2) is 10.4 Å². The fourth-order valence-electron chi connectivity index (χ4n) is 0.722. The van der Waals surface area contributed by atoms with Crippen molar-refractivity contribution < 1.29 is 0 Å². The van der Waals surface area contributed by atoms with Gasteiger partial charge in [-0.15, -0.1) is 0 Å². The molecule has 3 heteroatoms. The molecular formula is C6H11N3. The molecule has 0 saturated heterocycles. The van der Waals surface area contributed by atoms with Gasteiger partial charge in [0.25, 0.3) is 0 Å². The molecule has 3 nitrogen and oxygen atoms in total. The van der Waals surface area contributed by atoms with Crippen molar-refractivity contribution in [3.05, 3.63) is 11.9 Å². The highest BCUT2D eigenvalue weighted by Crippen LogP contribution is 2.00. The van der Waals surface area contributed by atoms with Crippen LogP contribution in [0.5, 0.6) is 0 Å². The van der Waals surface area contributed by atoms with Gasteiger partial charge in [0, 0.05) is 13.3 Å². The van der Waals surface area contributed by atoms with Crippen LogP contribution < -0.4 is 10.9 Å². The third-order valence-electron chi connectivity index (χ3n) is 1.12. The summed E-state index contributed by atoms with van der Waals surface area (Å²) in [7, 11) is 1.82. The predicted molar refractivity (Wildman–Crippen MR) is 38.0 cm³/mol. The van der Waals surface area contributed by atoms with Crippen molar-refractivity contribution in [2.45, 2.75) is 12.8 Å². The quantitative estimate of drug-likeness (QED) is 0.525. The molecule has 0 aromatic heterocycles. The van der Waals surface area contributed by atoms with Gasteiger partial charge in [-0.2, -0.15) is 0 Å². The number of nitrogens with one attached hydrogen (secondary N) is 2. The maximum Gasteiger partial charge on any atom is 0.135 e. The maximum absolute atomic E-state index is 4.08. The van der Waals surface area contributed by atoms with Crippen LogP contribution in [0, 0.1) is 0 Å². The molecular weight excluding hydrogens is 114 g/mol. The van der Waals surface area contributed by atoms with E-state index in [0.717, 1.165) is 18.7 Å². The summed E-state index contributed by atoms with van der Waals surface area (Å²) in [6.45, 7) is 0. The van der Waals surface area contributed by atoms with Crippen molar-refractivity contribution in [1.82, 2.24) is 10.9 Å². The Morgan fingerprint density at radius 1 is 1.56 bits per heavy atom. The number of hydrogen-bond donors (Lipinski definition) is 2. The summed E-state index contributed by atoms with van der Waals surface area (Å²) in [6.07, 6.45) is 6.14. The average molecular weight is 125 g/mol. The molecule has 1 rings (SSSR count). The SMILES string of the molecule is CNNC1=CCCC=N1. The molecule has 2 N–H and O–H groups in total. The first-order valence-electron chi connectivity index (χ1n) is 3.09. The molecule has 50 valence electrons. The zero-order chi connectivity index (χ0) is 6.53. The van der Waals surface area contributed by atoms with E-state index in [4.69, 9.17) is 0 Å². The van der Waals surface area contributed by atoms with Crippen molar-refractivity contribution in [3.63, 3.8) is 0 Å². The Morgan fingerprint density at radius 3 is 3.00 bits per heavy atom. The Balaban J connectivity index is 2.38. The van der Waals surface area contributed by atoms with Crippen LogP contribution in [0.4, 0.5) is 0 Å². The van der Waals surface area contributed by atoms with Crippen molar-refractivity contribution in [1.29, 1.82) is 0 Å². The standard InChI is InChI=1S/C6H11N3/c1-7-9-6-4-2-3-5-8-6/h4-5,7,9H,2-3H2,1H3. The van der Waals surface area contributed by atoms with Gasteiger partial charge in [0.15, 0.2) is 0 Å². The van der Waals surface area contributed by atoms with Crippen molar-refractivity contribution in [2.24, 2.45) is 4.99 Å². The number of hydrogen-bond acceptors (Lipinski definition) is 3. The third-order valence-corrected chi connectivity index (χ3v) is 1.12. The Morgan fingerprint density at radius 2 is 2.44 bits per heavy atom. The van der Waals surface area contributed by atoms with E-state index in [9.17, 15) is 0 Å². The van der Waals surface area contributed by atoms with Gasteiger partial charge < -0.3 is 5.43 Å². The van der Waals surface area contributed by atoms with E-state index in [-0.39, 0.29) is 0 Å². The normalized spacial score (nSPS) is 17.2. The molecule has 0 saturated carbocycles. The van der Waals surface area contributed by atoms with Crippen LogP contribution >= 0.6 is 0 Å². The minimum atomic E-state index is 0.920. The number of nitrogens with zero attached hydrogens (tertiary/aromatic N) is 1. The highest BCUT2D eigenvalue weighted by Gasteiger charge is 1.93. The molecule has 1 heterocycles. The molecule has 0 fully saturated rings. The number of allylic oxidation sites excluding steroid dienone is 1. The Kier molecular flexibility index (Phi) is 2.27. The van der Waals surface area contributed by atoms with Crippen molar-refractivity contribution >= 4 is 6.21 Å². The van der Waals surface area contributed by atoms with E-state index in [1.165, 1.54) is 0 Å². The van der Waals surface area contributed by atoms with Crippen molar-refractivity contribution in [2.75, 3.05) is 7.05 Å². The summed E-state index contributed by atoms with van der Waals surface area (Å²) in [5.74, 6) is 0.920. The highest BCUT2D eigenvalue weighted by atomic mass is 15.4. The third kappa shape index (κ3) is 1.85. The van der Waals surface area contributed by atoms with Gasteiger partial charge >= 0.3 is 0 Å². The van der Waals surface area contributed by atoms with Crippen molar-refractivity contribution in [3.8, 4) is 0 Å². The fraction of sp³-hybridized carbons (Fsp3) is 0.500. The lowest BCUT2D eigenvalue weighted by Crippen LogP contribution is -2.26. The molecule has 0 spiro atoms. The molecule has 0 bridgehead atoms. The van der Waals surface area contributed by atoms with Crippen LogP contribution in [0.15, 0.2) is 16.9 Å².